The molecule has 0 N–H and O–H groups in total. The number of aromatic nitrogens is 1. The van der Waals surface area contributed by atoms with Gasteiger partial charge in [-0.05, 0) is 49.9 Å². The lowest BCUT2D eigenvalue weighted by Crippen LogP contribution is -2.18. The maximum atomic E-state index is 10.8. The van der Waals surface area contributed by atoms with Gasteiger partial charge in [0.05, 0.1) is 0 Å². The second-order valence-electron chi connectivity index (χ2n) is 5.13. The van der Waals surface area contributed by atoms with Crippen molar-refractivity contribution in [3.8, 4) is 0 Å². The smallest absolute Gasteiger partial charge is 0.123 e. The number of hydrogen-bond donors (Lipinski definition) is 0. The molecular weight excluding hydrogens is 290 g/mol. The molecule has 2 aromatic rings. The Morgan fingerprint density at radius 2 is 1.94 bits per heavy atom. The number of hydrogen-bond acceptors (Lipinski definition) is 1. The van der Waals surface area contributed by atoms with Crippen molar-refractivity contribution in [1.29, 1.82) is 0 Å². The lowest BCUT2D eigenvalue weighted by molar-refractivity contribution is -0.112. The van der Waals surface area contributed by atoms with Gasteiger partial charge in [0, 0.05) is 33.5 Å². The van der Waals surface area contributed by atoms with Crippen molar-refractivity contribution in [2.45, 2.75) is 31.7 Å². The number of aldehydes is 1. The average molecular weight is 306 g/mol. The van der Waals surface area contributed by atoms with Gasteiger partial charge in [-0.15, -0.1) is 0 Å². The molecule has 3 heteroatoms. The molecular formula is C15H16BrNO. The number of benzene rings is 1. The second-order valence-corrected chi connectivity index (χ2v) is 6.05. The Balaban J connectivity index is 1.89. The summed E-state index contributed by atoms with van der Waals surface area (Å²) < 4.78 is 3.50. The molecule has 1 aliphatic rings. The molecule has 0 saturated heterocycles. The molecule has 1 aromatic heterocycles. The van der Waals surface area contributed by atoms with Crippen LogP contribution in [0.15, 0.2) is 34.9 Å². The molecule has 0 spiro atoms. The highest BCUT2D eigenvalue weighted by atomic mass is 79.9. The van der Waals surface area contributed by atoms with Crippen LogP contribution in [0.25, 0.3) is 10.9 Å². The molecule has 0 amide bonds. The van der Waals surface area contributed by atoms with E-state index in [0.29, 0.717) is 6.04 Å². The molecule has 0 bridgehead atoms. The fourth-order valence-corrected chi connectivity index (χ4v) is 3.35. The first-order chi connectivity index (χ1) is 8.78. The van der Waals surface area contributed by atoms with E-state index in [9.17, 15) is 4.79 Å². The van der Waals surface area contributed by atoms with Gasteiger partial charge in [-0.2, -0.15) is 0 Å². The third-order valence-corrected chi connectivity index (χ3v) is 4.50. The molecule has 0 aliphatic heterocycles. The number of nitrogens with zero attached hydrogens (tertiary/aromatic N) is 1. The summed E-state index contributed by atoms with van der Waals surface area (Å²) >= 11 is 3.51. The molecule has 1 aliphatic carbocycles. The first-order valence-corrected chi connectivity index (χ1v) is 7.28. The molecule has 1 heterocycles. The largest absolute Gasteiger partial charge is 0.344 e. The number of halogens is 1. The molecule has 0 atom stereocenters. The van der Waals surface area contributed by atoms with Crippen molar-refractivity contribution in [1.82, 2.24) is 4.57 Å². The zero-order valence-electron chi connectivity index (χ0n) is 10.2. The minimum absolute atomic E-state index is 0.289. The van der Waals surface area contributed by atoms with Gasteiger partial charge in [0.1, 0.15) is 6.29 Å². The van der Waals surface area contributed by atoms with E-state index >= 15 is 0 Å². The van der Waals surface area contributed by atoms with Crippen LogP contribution in [-0.4, -0.2) is 10.9 Å². The first-order valence-electron chi connectivity index (χ1n) is 6.49. The molecule has 1 saturated carbocycles. The van der Waals surface area contributed by atoms with E-state index in [-0.39, 0.29) is 5.92 Å². The third kappa shape index (κ3) is 2.12. The molecule has 3 rings (SSSR count). The summed E-state index contributed by atoms with van der Waals surface area (Å²) in [7, 11) is 0. The van der Waals surface area contributed by atoms with E-state index in [1.165, 1.54) is 10.9 Å². The number of carbonyl (C=O) groups excluding carboxylic acids is 1. The molecule has 2 nitrogen and oxygen atoms in total. The van der Waals surface area contributed by atoms with Crippen LogP contribution in [0.1, 0.15) is 31.7 Å². The Bertz CT molecular complexity index is 567. The normalized spacial score (nSPS) is 24.3. The molecule has 0 unspecified atom stereocenters. The summed E-state index contributed by atoms with van der Waals surface area (Å²) in [6.45, 7) is 0. The van der Waals surface area contributed by atoms with E-state index in [4.69, 9.17) is 0 Å². The SMILES string of the molecule is O=CC1CCC(n2ccc3cc(Br)ccc32)CC1. The van der Waals surface area contributed by atoms with Crippen molar-refractivity contribution < 1.29 is 4.79 Å². The zero-order chi connectivity index (χ0) is 12.5. The van der Waals surface area contributed by atoms with E-state index in [1.807, 2.05) is 0 Å². The first kappa shape index (κ1) is 12.0. The van der Waals surface area contributed by atoms with E-state index in [1.54, 1.807) is 0 Å². The van der Waals surface area contributed by atoms with Gasteiger partial charge >= 0.3 is 0 Å². The summed E-state index contributed by atoms with van der Waals surface area (Å²) in [5.41, 5.74) is 1.30. The number of rotatable bonds is 2. The maximum absolute atomic E-state index is 10.8. The van der Waals surface area contributed by atoms with E-state index < -0.39 is 0 Å². The number of carbonyl (C=O) groups is 1. The van der Waals surface area contributed by atoms with Crippen LogP contribution < -0.4 is 0 Å². The monoisotopic (exact) mass is 305 g/mol. The van der Waals surface area contributed by atoms with Crippen LogP contribution in [0.4, 0.5) is 0 Å². The van der Waals surface area contributed by atoms with Crippen LogP contribution in [0.3, 0.4) is 0 Å². The van der Waals surface area contributed by atoms with Crippen molar-refractivity contribution in [3.63, 3.8) is 0 Å². The highest BCUT2D eigenvalue weighted by Crippen LogP contribution is 2.34. The van der Waals surface area contributed by atoms with Crippen molar-refractivity contribution in [3.05, 3.63) is 34.9 Å². The Hall–Kier alpha value is -1.09. The predicted molar refractivity (Wildman–Crippen MR) is 76.7 cm³/mol. The van der Waals surface area contributed by atoms with E-state index in [2.05, 4.69) is 51.0 Å². The van der Waals surface area contributed by atoms with Gasteiger partial charge in [-0.25, -0.2) is 0 Å². The highest BCUT2D eigenvalue weighted by molar-refractivity contribution is 9.10. The van der Waals surface area contributed by atoms with Gasteiger partial charge in [-0.1, -0.05) is 15.9 Å². The standard InChI is InChI=1S/C15H16BrNO/c16-13-3-6-15-12(9-13)7-8-17(15)14-4-1-11(10-18)2-5-14/h3,6-11,14H,1-2,4-5H2. The van der Waals surface area contributed by atoms with Crippen molar-refractivity contribution >= 4 is 33.1 Å². The summed E-state index contributed by atoms with van der Waals surface area (Å²) in [4.78, 5) is 10.8. The Morgan fingerprint density at radius 1 is 1.17 bits per heavy atom. The van der Waals surface area contributed by atoms with Gasteiger partial charge in [0.2, 0.25) is 0 Å². The van der Waals surface area contributed by atoms with E-state index in [0.717, 1.165) is 36.4 Å². The fourth-order valence-electron chi connectivity index (χ4n) is 2.97. The van der Waals surface area contributed by atoms with Crippen LogP contribution in [0.5, 0.6) is 0 Å². The van der Waals surface area contributed by atoms with Crippen LogP contribution in [0, 0.1) is 5.92 Å². The lowest BCUT2D eigenvalue weighted by atomic mass is 9.87. The van der Waals surface area contributed by atoms with Crippen LogP contribution in [-0.2, 0) is 4.79 Å². The van der Waals surface area contributed by atoms with Crippen LogP contribution in [0.2, 0.25) is 0 Å². The summed E-state index contributed by atoms with van der Waals surface area (Å²) in [5.74, 6) is 0.289. The topological polar surface area (TPSA) is 22.0 Å². The van der Waals surface area contributed by atoms with Crippen molar-refractivity contribution in [2.24, 2.45) is 5.92 Å². The van der Waals surface area contributed by atoms with Crippen molar-refractivity contribution in [2.75, 3.05) is 0 Å². The Labute approximate surface area is 115 Å². The average Bonchev–Trinajstić information content (AvgIpc) is 2.81. The molecule has 1 fully saturated rings. The minimum atomic E-state index is 0.289. The Morgan fingerprint density at radius 3 is 2.67 bits per heavy atom. The quantitative estimate of drug-likeness (QED) is 0.757. The van der Waals surface area contributed by atoms with Gasteiger partial charge in [0.25, 0.3) is 0 Å². The van der Waals surface area contributed by atoms with Gasteiger partial charge in [-0.3, -0.25) is 0 Å². The zero-order valence-corrected chi connectivity index (χ0v) is 11.8. The predicted octanol–water partition coefficient (Wildman–Crippen LogP) is 4.33. The Kier molecular flexibility index (Phi) is 3.25. The molecule has 94 valence electrons. The van der Waals surface area contributed by atoms with Gasteiger partial charge < -0.3 is 9.36 Å². The maximum Gasteiger partial charge on any atom is 0.123 e. The second kappa shape index (κ2) is 4.88. The molecule has 18 heavy (non-hydrogen) atoms. The number of fused-ring (bicyclic) bond motifs is 1. The lowest BCUT2D eigenvalue weighted by Gasteiger charge is -2.27. The van der Waals surface area contributed by atoms with Crippen LogP contribution >= 0.6 is 15.9 Å². The minimum Gasteiger partial charge on any atom is -0.344 e. The highest BCUT2D eigenvalue weighted by Gasteiger charge is 2.22. The molecule has 0 radical (unpaired) electrons. The van der Waals surface area contributed by atoms with Gasteiger partial charge in [0.15, 0.2) is 0 Å². The summed E-state index contributed by atoms with van der Waals surface area (Å²) in [5, 5.41) is 1.28. The summed E-state index contributed by atoms with van der Waals surface area (Å²) in [6.07, 6.45) is 7.60. The third-order valence-electron chi connectivity index (χ3n) is 4.01. The fraction of sp³-hybridized carbons (Fsp3) is 0.400. The summed E-state index contributed by atoms with van der Waals surface area (Å²) in [6, 6.07) is 9.15. The molecule has 1 aromatic carbocycles.